The Kier molecular flexibility index (Phi) is 4.24. The predicted octanol–water partition coefficient (Wildman–Crippen LogP) is 2.62. The van der Waals surface area contributed by atoms with Gasteiger partial charge < -0.3 is 5.32 Å². The number of carbonyl (C=O) groups is 1. The molecule has 3 aromatic rings. The fourth-order valence-electron chi connectivity index (χ4n) is 2.01. The van der Waals surface area contributed by atoms with Crippen LogP contribution in [0, 0.1) is 6.92 Å². The van der Waals surface area contributed by atoms with Crippen molar-refractivity contribution in [3.63, 3.8) is 0 Å². The largest absolute Gasteiger partial charge is 0.323 e. The summed E-state index contributed by atoms with van der Waals surface area (Å²) in [4.78, 5) is 11.9. The fraction of sp³-hybridized carbons (Fsp3) is 0.0588. The van der Waals surface area contributed by atoms with Gasteiger partial charge in [0.15, 0.2) is 0 Å². The van der Waals surface area contributed by atoms with Crippen LogP contribution in [0.25, 0.3) is 11.8 Å². The van der Waals surface area contributed by atoms with Crippen molar-refractivity contribution >= 4 is 17.7 Å². The maximum Gasteiger partial charge on any atom is 0.248 e. The maximum atomic E-state index is 11.9. The number of benzene rings is 2. The van der Waals surface area contributed by atoms with Crippen molar-refractivity contribution in [2.75, 3.05) is 5.32 Å². The van der Waals surface area contributed by atoms with Gasteiger partial charge in [-0.05, 0) is 53.3 Å². The Hall–Kier alpha value is -3.28. The van der Waals surface area contributed by atoms with E-state index >= 15 is 0 Å². The number of hydrogen-bond donors (Lipinski definition) is 1. The monoisotopic (exact) mass is 305 g/mol. The zero-order valence-corrected chi connectivity index (χ0v) is 12.5. The fourth-order valence-corrected chi connectivity index (χ4v) is 2.01. The van der Waals surface area contributed by atoms with Crippen molar-refractivity contribution in [1.29, 1.82) is 0 Å². The maximum absolute atomic E-state index is 11.9. The smallest absolute Gasteiger partial charge is 0.248 e. The lowest BCUT2D eigenvalue weighted by molar-refractivity contribution is -0.111. The van der Waals surface area contributed by atoms with Crippen molar-refractivity contribution in [2.24, 2.45) is 0 Å². The summed E-state index contributed by atoms with van der Waals surface area (Å²) < 4.78 is 1.54. The van der Waals surface area contributed by atoms with E-state index in [1.807, 2.05) is 43.3 Å². The number of tetrazole rings is 1. The number of aromatic nitrogens is 4. The molecule has 0 unspecified atom stereocenters. The highest BCUT2D eigenvalue weighted by Crippen LogP contribution is 2.12. The van der Waals surface area contributed by atoms with E-state index in [1.165, 1.54) is 18.0 Å². The molecule has 0 atom stereocenters. The molecule has 0 bridgehead atoms. The Morgan fingerprint density at radius 2 is 1.83 bits per heavy atom. The number of amides is 1. The highest BCUT2D eigenvalue weighted by atomic mass is 16.1. The molecule has 114 valence electrons. The molecule has 6 nitrogen and oxygen atoms in total. The first kappa shape index (κ1) is 14.6. The van der Waals surface area contributed by atoms with E-state index < -0.39 is 0 Å². The van der Waals surface area contributed by atoms with Gasteiger partial charge in [-0.3, -0.25) is 4.79 Å². The Bertz CT molecular complexity index is 805. The molecule has 0 aliphatic carbocycles. The van der Waals surface area contributed by atoms with Gasteiger partial charge in [0.1, 0.15) is 6.33 Å². The van der Waals surface area contributed by atoms with Crippen LogP contribution in [-0.4, -0.2) is 26.1 Å². The summed E-state index contributed by atoms with van der Waals surface area (Å²) in [5.41, 5.74) is 3.71. The van der Waals surface area contributed by atoms with E-state index in [-0.39, 0.29) is 5.91 Å². The van der Waals surface area contributed by atoms with E-state index in [0.29, 0.717) is 5.69 Å². The molecule has 1 aromatic heterocycles. The SMILES string of the molecule is Cc1ccc(/C=C/C(=O)Nc2ccc(-n3cnnn3)cc2)cc1. The Balaban J connectivity index is 1.62. The van der Waals surface area contributed by atoms with Crippen molar-refractivity contribution < 1.29 is 4.79 Å². The van der Waals surface area contributed by atoms with Crippen LogP contribution in [0.4, 0.5) is 5.69 Å². The summed E-state index contributed by atoms with van der Waals surface area (Å²) in [6.07, 6.45) is 4.81. The Labute approximate surface area is 133 Å². The van der Waals surface area contributed by atoms with Crippen LogP contribution >= 0.6 is 0 Å². The van der Waals surface area contributed by atoms with Gasteiger partial charge in [0.2, 0.25) is 5.91 Å². The van der Waals surface area contributed by atoms with Crippen LogP contribution in [0.1, 0.15) is 11.1 Å². The molecule has 1 heterocycles. The lowest BCUT2D eigenvalue weighted by Gasteiger charge is -2.04. The summed E-state index contributed by atoms with van der Waals surface area (Å²) >= 11 is 0. The number of nitrogens with one attached hydrogen (secondary N) is 1. The van der Waals surface area contributed by atoms with Crippen molar-refractivity contribution in [1.82, 2.24) is 20.2 Å². The number of aryl methyl sites for hydroxylation is 1. The number of carbonyl (C=O) groups excluding carboxylic acids is 1. The lowest BCUT2D eigenvalue weighted by Crippen LogP contribution is -2.07. The normalized spacial score (nSPS) is 10.8. The van der Waals surface area contributed by atoms with E-state index in [1.54, 1.807) is 22.9 Å². The zero-order valence-electron chi connectivity index (χ0n) is 12.5. The highest BCUT2D eigenvalue weighted by Gasteiger charge is 2.00. The zero-order chi connectivity index (χ0) is 16.1. The molecule has 6 heteroatoms. The minimum Gasteiger partial charge on any atom is -0.323 e. The van der Waals surface area contributed by atoms with Crippen LogP contribution < -0.4 is 5.32 Å². The average Bonchev–Trinajstić information content (AvgIpc) is 3.09. The van der Waals surface area contributed by atoms with Crippen LogP contribution in [-0.2, 0) is 4.79 Å². The number of hydrogen-bond acceptors (Lipinski definition) is 4. The summed E-state index contributed by atoms with van der Waals surface area (Å²) in [6, 6.07) is 15.2. The van der Waals surface area contributed by atoms with Crippen molar-refractivity contribution in [2.45, 2.75) is 6.92 Å². The second kappa shape index (κ2) is 6.65. The summed E-state index contributed by atoms with van der Waals surface area (Å²) in [5.74, 6) is -0.180. The summed E-state index contributed by atoms with van der Waals surface area (Å²) in [7, 11) is 0. The molecule has 0 spiro atoms. The first-order valence-electron chi connectivity index (χ1n) is 7.10. The van der Waals surface area contributed by atoms with E-state index in [9.17, 15) is 4.79 Å². The van der Waals surface area contributed by atoms with E-state index in [0.717, 1.165) is 11.3 Å². The van der Waals surface area contributed by atoms with Gasteiger partial charge in [-0.15, -0.1) is 5.10 Å². The number of nitrogens with zero attached hydrogens (tertiary/aromatic N) is 4. The highest BCUT2D eigenvalue weighted by molar-refractivity contribution is 6.01. The first-order chi connectivity index (χ1) is 11.2. The number of rotatable bonds is 4. The third-order valence-corrected chi connectivity index (χ3v) is 3.25. The third kappa shape index (κ3) is 3.88. The lowest BCUT2D eigenvalue weighted by atomic mass is 10.1. The van der Waals surface area contributed by atoms with Crippen LogP contribution in [0.3, 0.4) is 0 Å². The molecular formula is C17H15N5O. The molecule has 23 heavy (non-hydrogen) atoms. The van der Waals surface area contributed by atoms with Crippen molar-refractivity contribution in [3.8, 4) is 5.69 Å². The van der Waals surface area contributed by atoms with Gasteiger partial charge in [0.05, 0.1) is 5.69 Å². The Morgan fingerprint density at radius 1 is 1.09 bits per heavy atom. The molecule has 0 aliphatic heterocycles. The molecule has 1 amide bonds. The summed E-state index contributed by atoms with van der Waals surface area (Å²) in [5, 5.41) is 13.8. The molecular weight excluding hydrogens is 290 g/mol. The summed E-state index contributed by atoms with van der Waals surface area (Å²) in [6.45, 7) is 2.03. The molecule has 3 rings (SSSR count). The Morgan fingerprint density at radius 3 is 2.48 bits per heavy atom. The van der Waals surface area contributed by atoms with Crippen LogP contribution in [0.2, 0.25) is 0 Å². The van der Waals surface area contributed by atoms with Gasteiger partial charge in [0, 0.05) is 11.8 Å². The standard InChI is InChI=1S/C17H15N5O/c1-13-2-4-14(5-3-13)6-11-17(23)19-15-7-9-16(10-8-15)22-12-18-20-21-22/h2-12H,1H3,(H,19,23)/b11-6+. The molecule has 0 radical (unpaired) electrons. The minimum atomic E-state index is -0.180. The van der Waals surface area contributed by atoms with Gasteiger partial charge in [-0.1, -0.05) is 29.8 Å². The minimum absolute atomic E-state index is 0.180. The van der Waals surface area contributed by atoms with Gasteiger partial charge >= 0.3 is 0 Å². The van der Waals surface area contributed by atoms with Crippen LogP contribution in [0.5, 0.6) is 0 Å². The molecule has 0 saturated heterocycles. The van der Waals surface area contributed by atoms with Gasteiger partial charge in [-0.2, -0.15) is 0 Å². The molecule has 1 N–H and O–H groups in total. The first-order valence-corrected chi connectivity index (χ1v) is 7.10. The van der Waals surface area contributed by atoms with Gasteiger partial charge in [-0.25, -0.2) is 4.68 Å². The van der Waals surface area contributed by atoms with Gasteiger partial charge in [0.25, 0.3) is 0 Å². The second-order valence-corrected chi connectivity index (χ2v) is 5.03. The molecule has 0 fully saturated rings. The van der Waals surface area contributed by atoms with E-state index in [2.05, 4.69) is 20.8 Å². The van der Waals surface area contributed by atoms with Crippen LogP contribution in [0.15, 0.2) is 60.9 Å². The topological polar surface area (TPSA) is 72.7 Å². The van der Waals surface area contributed by atoms with Crippen molar-refractivity contribution in [3.05, 3.63) is 72.1 Å². The average molecular weight is 305 g/mol. The molecule has 0 saturated carbocycles. The molecule has 2 aromatic carbocycles. The van der Waals surface area contributed by atoms with E-state index in [4.69, 9.17) is 0 Å². The molecule has 0 aliphatic rings. The third-order valence-electron chi connectivity index (χ3n) is 3.25. The number of anilines is 1. The second-order valence-electron chi connectivity index (χ2n) is 5.03. The quantitative estimate of drug-likeness (QED) is 0.752. The predicted molar refractivity (Wildman–Crippen MR) is 88.0 cm³/mol.